The van der Waals surface area contributed by atoms with E-state index in [1.165, 1.54) is 12.4 Å². The number of hydrogen-bond donors (Lipinski definition) is 2. The summed E-state index contributed by atoms with van der Waals surface area (Å²) in [5.41, 5.74) is 2.02. The number of carbonyl (C=O) groups excluding carboxylic acids is 1. The van der Waals surface area contributed by atoms with Crippen molar-refractivity contribution >= 4 is 40.6 Å². The van der Waals surface area contributed by atoms with E-state index >= 15 is 0 Å². The Bertz CT molecular complexity index is 883. The monoisotopic (exact) mass is 386 g/mol. The quantitative estimate of drug-likeness (QED) is 0.644. The number of halogens is 2. The molecule has 0 bridgehead atoms. The fourth-order valence-corrected chi connectivity index (χ4v) is 2.63. The maximum absolute atomic E-state index is 12.2. The second-order valence-corrected chi connectivity index (χ2v) is 6.43. The molecule has 0 unspecified atom stereocenters. The van der Waals surface area contributed by atoms with Crippen LogP contribution >= 0.6 is 23.2 Å². The van der Waals surface area contributed by atoms with Gasteiger partial charge in [0.2, 0.25) is 0 Å². The standard InChI is InChI=1S/C19H16Cl2N4O/c20-14-4-6-16(7-5-14)25-19(26)17-11-24-18(12-23-17)22-9-8-13-2-1-3-15(21)10-13/h1-7,10-12H,8-9H2,(H,22,24)(H,25,26). The molecule has 1 amide bonds. The SMILES string of the molecule is O=C(Nc1ccc(Cl)cc1)c1cnc(NCCc2cccc(Cl)c2)cn1. The first-order chi connectivity index (χ1) is 12.6. The lowest BCUT2D eigenvalue weighted by Crippen LogP contribution is -2.14. The maximum Gasteiger partial charge on any atom is 0.275 e. The van der Waals surface area contributed by atoms with Crippen molar-refractivity contribution in [3.8, 4) is 0 Å². The van der Waals surface area contributed by atoms with Crippen LogP contribution in [0.5, 0.6) is 0 Å². The zero-order valence-electron chi connectivity index (χ0n) is 13.7. The first-order valence-corrected chi connectivity index (χ1v) is 8.73. The number of aromatic nitrogens is 2. The number of anilines is 2. The zero-order valence-corrected chi connectivity index (χ0v) is 15.3. The van der Waals surface area contributed by atoms with Crippen LogP contribution in [0.3, 0.4) is 0 Å². The van der Waals surface area contributed by atoms with Gasteiger partial charge in [-0.2, -0.15) is 0 Å². The molecule has 0 aliphatic rings. The molecule has 1 aromatic heterocycles. The van der Waals surface area contributed by atoms with Gasteiger partial charge in [0.1, 0.15) is 11.5 Å². The molecule has 0 saturated carbocycles. The van der Waals surface area contributed by atoms with E-state index in [9.17, 15) is 4.79 Å². The van der Waals surface area contributed by atoms with Crippen molar-refractivity contribution in [2.75, 3.05) is 17.2 Å². The van der Waals surface area contributed by atoms with E-state index in [0.29, 0.717) is 23.1 Å². The van der Waals surface area contributed by atoms with Crippen molar-refractivity contribution in [2.45, 2.75) is 6.42 Å². The third-order valence-electron chi connectivity index (χ3n) is 3.60. The van der Waals surface area contributed by atoms with Gasteiger partial charge >= 0.3 is 0 Å². The second-order valence-electron chi connectivity index (χ2n) is 5.55. The van der Waals surface area contributed by atoms with Crippen molar-refractivity contribution in [3.05, 3.63) is 82.2 Å². The molecule has 1 heterocycles. The average Bonchev–Trinajstić information content (AvgIpc) is 2.64. The molecule has 7 heteroatoms. The number of amides is 1. The molecule has 26 heavy (non-hydrogen) atoms. The van der Waals surface area contributed by atoms with Crippen LogP contribution in [0.4, 0.5) is 11.5 Å². The van der Waals surface area contributed by atoms with Gasteiger partial charge in [0, 0.05) is 22.3 Å². The Hall–Kier alpha value is -2.63. The molecule has 2 N–H and O–H groups in total. The summed E-state index contributed by atoms with van der Waals surface area (Å²) in [7, 11) is 0. The Balaban J connectivity index is 1.52. The summed E-state index contributed by atoms with van der Waals surface area (Å²) in [4.78, 5) is 20.5. The van der Waals surface area contributed by atoms with Gasteiger partial charge in [0.25, 0.3) is 5.91 Å². The lowest BCUT2D eigenvalue weighted by molar-refractivity contribution is 0.102. The molecule has 3 rings (SSSR count). The molecule has 3 aromatic rings. The average molecular weight is 387 g/mol. The summed E-state index contributed by atoms with van der Waals surface area (Å²) < 4.78 is 0. The predicted molar refractivity (Wildman–Crippen MR) is 105 cm³/mol. The van der Waals surface area contributed by atoms with E-state index in [1.807, 2.05) is 24.3 Å². The summed E-state index contributed by atoms with van der Waals surface area (Å²) in [5, 5.41) is 7.24. The summed E-state index contributed by atoms with van der Waals surface area (Å²) in [6.45, 7) is 0.686. The highest BCUT2D eigenvalue weighted by molar-refractivity contribution is 6.30. The smallest absolute Gasteiger partial charge is 0.275 e. The molecular formula is C19H16Cl2N4O. The van der Waals surface area contributed by atoms with E-state index in [4.69, 9.17) is 23.2 Å². The highest BCUT2D eigenvalue weighted by atomic mass is 35.5. The minimum atomic E-state index is -0.328. The molecule has 0 spiro atoms. The third kappa shape index (κ3) is 5.18. The Kier molecular flexibility index (Phi) is 6.04. The Morgan fingerprint density at radius 3 is 2.46 bits per heavy atom. The van der Waals surface area contributed by atoms with E-state index in [-0.39, 0.29) is 11.6 Å². The second kappa shape index (κ2) is 8.65. The highest BCUT2D eigenvalue weighted by Crippen LogP contribution is 2.14. The van der Waals surface area contributed by atoms with Crippen LogP contribution in [0, 0.1) is 0 Å². The van der Waals surface area contributed by atoms with Crippen molar-refractivity contribution in [3.63, 3.8) is 0 Å². The molecule has 2 aromatic carbocycles. The van der Waals surface area contributed by atoms with Crippen molar-refractivity contribution in [2.24, 2.45) is 0 Å². The summed E-state index contributed by atoms with van der Waals surface area (Å²) in [6.07, 6.45) is 3.78. The number of carbonyl (C=O) groups is 1. The van der Waals surface area contributed by atoms with Gasteiger partial charge < -0.3 is 10.6 Å². The lowest BCUT2D eigenvalue weighted by atomic mass is 10.1. The van der Waals surface area contributed by atoms with Crippen LogP contribution in [0.25, 0.3) is 0 Å². The number of hydrogen-bond acceptors (Lipinski definition) is 4. The van der Waals surface area contributed by atoms with E-state index in [2.05, 4.69) is 20.6 Å². The first kappa shape index (κ1) is 18.2. The van der Waals surface area contributed by atoms with Crippen LogP contribution in [0.2, 0.25) is 10.0 Å². The fourth-order valence-electron chi connectivity index (χ4n) is 2.29. The first-order valence-electron chi connectivity index (χ1n) is 7.97. The van der Waals surface area contributed by atoms with Gasteiger partial charge in [0.15, 0.2) is 0 Å². The molecule has 5 nitrogen and oxygen atoms in total. The lowest BCUT2D eigenvalue weighted by Gasteiger charge is -2.07. The van der Waals surface area contributed by atoms with E-state index < -0.39 is 0 Å². The van der Waals surface area contributed by atoms with Crippen molar-refractivity contribution < 1.29 is 4.79 Å². The predicted octanol–water partition coefficient (Wildman–Crippen LogP) is 4.69. The Labute approximate surface area is 161 Å². The Morgan fingerprint density at radius 1 is 0.962 bits per heavy atom. The number of benzene rings is 2. The van der Waals surface area contributed by atoms with Crippen LogP contribution in [0.1, 0.15) is 16.1 Å². The number of rotatable bonds is 6. The van der Waals surface area contributed by atoms with Gasteiger partial charge in [-0.25, -0.2) is 9.97 Å². The summed E-state index contributed by atoms with van der Waals surface area (Å²) in [5.74, 6) is 0.278. The van der Waals surface area contributed by atoms with Crippen LogP contribution in [0.15, 0.2) is 60.9 Å². The zero-order chi connectivity index (χ0) is 18.4. The summed E-state index contributed by atoms with van der Waals surface area (Å²) in [6, 6.07) is 14.6. The normalized spacial score (nSPS) is 10.4. The van der Waals surface area contributed by atoms with Crippen LogP contribution in [-0.2, 0) is 6.42 Å². The minimum Gasteiger partial charge on any atom is -0.368 e. The van der Waals surface area contributed by atoms with Crippen molar-refractivity contribution in [1.29, 1.82) is 0 Å². The Morgan fingerprint density at radius 2 is 1.77 bits per heavy atom. The molecule has 132 valence electrons. The largest absolute Gasteiger partial charge is 0.368 e. The van der Waals surface area contributed by atoms with Crippen molar-refractivity contribution in [1.82, 2.24) is 9.97 Å². The van der Waals surface area contributed by atoms with Gasteiger partial charge in [-0.1, -0.05) is 35.3 Å². The van der Waals surface area contributed by atoms with Gasteiger partial charge in [-0.3, -0.25) is 4.79 Å². The molecule has 0 atom stereocenters. The molecule has 0 saturated heterocycles. The fraction of sp³-hybridized carbons (Fsp3) is 0.105. The topological polar surface area (TPSA) is 66.9 Å². The van der Waals surface area contributed by atoms with Crippen LogP contribution in [-0.4, -0.2) is 22.4 Å². The van der Waals surface area contributed by atoms with Crippen LogP contribution < -0.4 is 10.6 Å². The van der Waals surface area contributed by atoms with E-state index in [1.54, 1.807) is 24.3 Å². The van der Waals surface area contributed by atoms with Gasteiger partial charge in [-0.15, -0.1) is 0 Å². The number of nitrogens with one attached hydrogen (secondary N) is 2. The third-order valence-corrected chi connectivity index (χ3v) is 4.08. The maximum atomic E-state index is 12.2. The van der Waals surface area contributed by atoms with Gasteiger partial charge in [0.05, 0.1) is 12.4 Å². The number of nitrogens with zero attached hydrogens (tertiary/aromatic N) is 2. The summed E-state index contributed by atoms with van der Waals surface area (Å²) >= 11 is 11.8. The molecule has 0 radical (unpaired) electrons. The van der Waals surface area contributed by atoms with Gasteiger partial charge in [-0.05, 0) is 48.4 Å². The minimum absolute atomic E-state index is 0.236. The molecule has 0 aliphatic heterocycles. The molecule has 0 aliphatic carbocycles. The highest BCUT2D eigenvalue weighted by Gasteiger charge is 2.08. The molecule has 0 fully saturated rings. The van der Waals surface area contributed by atoms with E-state index in [0.717, 1.165) is 17.0 Å². The molecular weight excluding hydrogens is 371 g/mol.